The number of aromatic nitrogens is 2. The van der Waals surface area contributed by atoms with Crippen LogP contribution in [0.25, 0.3) is 10.9 Å². The first-order valence-corrected chi connectivity index (χ1v) is 10.2. The maximum Gasteiger partial charge on any atom is 0.253 e. The summed E-state index contributed by atoms with van der Waals surface area (Å²) in [5.74, 6) is -0.0271. The van der Waals surface area contributed by atoms with Gasteiger partial charge in [-0.15, -0.1) is 0 Å². The molecule has 7 heteroatoms. The van der Waals surface area contributed by atoms with E-state index in [4.69, 9.17) is 0 Å². The molecule has 4 rings (SSSR count). The van der Waals surface area contributed by atoms with Crippen molar-refractivity contribution < 1.29 is 9.59 Å². The molecule has 1 saturated heterocycles. The van der Waals surface area contributed by atoms with Crippen molar-refractivity contribution in [2.75, 3.05) is 13.1 Å². The SMILES string of the molecule is O=C(CCn1ncc(=O)c2ccccc21)NCc1ccc(C(=O)N2CCCC2)cc1. The summed E-state index contributed by atoms with van der Waals surface area (Å²) in [6.07, 6.45) is 3.68. The summed E-state index contributed by atoms with van der Waals surface area (Å²) < 4.78 is 1.68. The molecule has 2 aromatic carbocycles. The Morgan fingerprint density at radius 1 is 1.00 bits per heavy atom. The van der Waals surface area contributed by atoms with Gasteiger partial charge < -0.3 is 10.2 Å². The predicted molar refractivity (Wildman–Crippen MR) is 114 cm³/mol. The molecule has 2 amide bonds. The molecular formula is C23H24N4O3. The van der Waals surface area contributed by atoms with Crippen molar-refractivity contribution in [3.05, 3.63) is 76.1 Å². The van der Waals surface area contributed by atoms with Gasteiger partial charge in [0.1, 0.15) is 0 Å². The molecule has 1 fully saturated rings. The Labute approximate surface area is 174 Å². The first kappa shape index (κ1) is 19.8. The third kappa shape index (κ3) is 4.40. The molecular weight excluding hydrogens is 380 g/mol. The Kier molecular flexibility index (Phi) is 5.88. The van der Waals surface area contributed by atoms with Crippen molar-refractivity contribution in [1.29, 1.82) is 0 Å². The molecule has 0 bridgehead atoms. The number of likely N-dealkylation sites (tertiary alicyclic amines) is 1. The number of nitrogens with one attached hydrogen (secondary N) is 1. The van der Waals surface area contributed by atoms with Gasteiger partial charge in [-0.1, -0.05) is 24.3 Å². The van der Waals surface area contributed by atoms with Crippen LogP contribution in [0.4, 0.5) is 0 Å². The van der Waals surface area contributed by atoms with Crippen LogP contribution in [-0.2, 0) is 17.9 Å². The van der Waals surface area contributed by atoms with Crippen LogP contribution < -0.4 is 10.7 Å². The average Bonchev–Trinajstić information content (AvgIpc) is 3.32. The van der Waals surface area contributed by atoms with Crippen LogP contribution in [0.5, 0.6) is 0 Å². The van der Waals surface area contributed by atoms with Crippen LogP contribution in [0.1, 0.15) is 35.2 Å². The molecule has 3 aromatic rings. The molecule has 0 atom stereocenters. The number of fused-ring (bicyclic) bond motifs is 1. The second kappa shape index (κ2) is 8.90. The average molecular weight is 404 g/mol. The van der Waals surface area contributed by atoms with Gasteiger partial charge in [-0.05, 0) is 42.7 Å². The predicted octanol–water partition coefficient (Wildman–Crippen LogP) is 2.34. The van der Waals surface area contributed by atoms with Crippen molar-refractivity contribution in [3.63, 3.8) is 0 Å². The lowest BCUT2D eigenvalue weighted by atomic mass is 10.1. The Hall–Kier alpha value is -3.48. The summed E-state index contributed by atoms with van der Waals surface area (Å²) >= 11 is 0. The molecule has 0 radical (unpaired) electrons. The fraction of sp³-hybridized carbons (Fsp3) is 0.304. The highest BCUT2D eigenvalue weighted by Gasteiger charge is 2.19. The smallest absolute Gasteiger partial charge is 0.253 e. The van der Waals surface area contributed by atoms with Gasteiger partial charge >= 0.3 is 0 Å². The minimum atomic E-state index is -0.127. The third-order valence-corrected chi connectivity index (χ3v) is 5.40. The first-order chi connectivity index (χ1) is 14.6. The van der Waals surface area contributed by atoms with E-state index in [1.807, 2.05) is 47.4 Å². The molecule has 1 aliphatic heterocycles. The van der Waals surface area contributed by atoms with Crippen LogP contribution in [0.3, 0.4) is 0 Å². The van der Waals surface area contributed by atoms with Crippen molar-refractivity contribution in [2.45, 2.75) is 32.4 Å². The van der Waals surface area contributed by atoms with E-state index in [0.29, 0.717) is 24.0 Å². The number of hydrogen-bond acceptors (Lipinski definition) is 4. The fourth-order valence-electron chi connectivity index (χ4n) is 3.70. The van der Waals surface area contributed by atoms with Gasteiger partial charge in [-0.3, -0.25) is 19.1 Å². The van der Waals surface area contributed by atoms with E-state index in [1.165, 1.54) is 6.20 Å². The lowest BCUT2D eigenvalue weighted by Gasteiger charge is -2.15. The molecule has 154 valence electrons. The molecule has 1 aromatic heterocycles. The lowest BCUT2D eigenvalue weighted by Crippen LogP contribution is -2.27. The summed E-state index contributed by atoms with van der Waals surface area (Å²) in [5, 5.41) is 7.63. The topological polar surface area (TPSA) is 84.3 Å². The zero-order chi connectivity index (χ0) is 20.9. The van der Waals surface area contributed by atoms with Gasteiger partial charge in [0.2, 0.25) is 11.3 Å². The summed E-state index contributed by atoms with van der Waals surface area (Å²) in [4.78, 5) is 38.4. The van der Waals surface area contributed by atoms with Gasteiger partial charge in [-0.2, -0.15) is 5.10 Å². The molecule has 1 aliphatic rings. The maximum atomic E-state index is 12.4. The minimum Gasteiger partial charge on any atom is -0.352 e. The monoisotopic (exact) mass is 404 g/mol. The number of amides is 2. The van der Waals surface area contributed by atoms with Crippen LogP contribution >= 0.6 is 0 Å². The Balaban J connectivity index is 1.30. The van der Waals surface area contributed by atoms with E-state index in [9.17, 15) is 14.4 Å². The largest absolute Gasteiger partial charge is 0.352 e. The standard InChI is InChI=1S/C23H24N4O3/c28-21-16-25-27(20-6-2-1-5-19(20)21)14-11-22(29)24-15-17-7-9-18(10-8-17)23(30)26-12-3-4-13-26/h1-2,5-10,16H,3-4,11-15H2,(H,24,29). The molecule has 0 unspecified atom stereocenters. The fourth-order valence-corrected chi connectivity index (χ4v) is 3.70. The Morgan fingerprint density at radius 2 is 1.73 bits per heavy atom. The molecule has 0 aliphatic carbocycles. The molecule has 7 nitrogen and oxygen atoms in total. The Bertz CT molecular complexity index is 1120. The summed E-state index contributed by atoms with van der Waals surface area (Å²) in [6, 6.07) is 14.6. The zero-order valence-electron chi connectivity index (χ0n) is 16.7. The number of hydrogen-bond donors (Lipinski definition) is 1. The zero-order valence-corrected chi connectivity index (χ0v) is 16.7. The maximum absolute atomic E-state index is 12.4. The molecule has 0 saturated carbocycles. The van der Waals surface area contributed by atoms with E-state index in [1.54, 1.807) is 10.7 Å². The number of benzene rings is 2. The lowest BCUT2D eigenvalue weighted by molar-refractivity contribution is -0.121. The number of carbonyl (C=O) groups is 2. The van der Waals surface area contributed by atoms with Gasteiger partial charge in [0, 0.05) is 37.0 Å². The van der Waals surface area contributed by atoms with Gasteiger partial charge in [-0.25, -0.2) is 0 Å². The van der Waals surface area contributed by atoms with E-state index < -0.39 is 0 Å². The van der Waals surface area contributed by atoms with Crippen LogP contribution in [0.15, 0.2) is 59.5 Å². The van der Waals surface area contributed by atoms with Crippen LogP contribution in [0, 0.1) is 0 Å². The summed E-state index contributed by atoms with van der Waals surface area (Å²) in [5.41, 5.74) is 2.21. The number of nitrogens with zero attached hydrogens (tertiary/aromatic N) is 3. The number of para-hydroxylation sites is 1. The number of rotatable bonds is 6. The second-order valence-electron chi connectivity index (χ2n) is 7.47. The van der Waals surface area contributed by atoms with Crippen LogP contribution in [-0.4, -0.2) is 39.6 Å². The highest BCUT2D eigenvalue weighted by molar-refractivity contribution is 5.94. The second-order valence-corrected chi connectivity index (χ2v) is 7.47. The molecule has 0 spiro atoms. The highest BCUT2D eigenvalue weighted by atomic mass is 16.2. The van der Waals surface area contributed by atoms with Crippen molar-refractivity contribution in [2.24, 2.45) is 0 Å². The van der Waals surface area contributed by atoms with Gasteiger partial charge in [0.15, 0.2) is 0 Å². The number of aryl methyl sites for hydroxylation is 1. The quantitative estimate of drug-likeness (QED) is 0.683. The van der Waals surface area contributed by atoms with Crippen molar-refractivity contribution in [3.8, 4) is 0 Å². The van der Waals surface area contributed by atoms with E-state index >= 15 is 0 Å². The Morgan fingerprint density at radius 3 is 2.50 bits per heavy atom. The van der Waals surface area contributed by atoms with Crippen molar-refractivity contribution in [1.82, 2.24) is 20.0 Å². The van der Waals surface area contributed by atoms with Gasteiger partial charge in [0.05, 0.1) is 18.3 Å². The minimum absolute atomic E-state index is 0.0731. The van der Waals surface area contributed by atoms with Gasteiger partial charge in [0.25, 0.3) is 5.91 Å². The van der Waals surface area contributed by atoms with E-state index in [2.05, 4.69) is 10.4 Å². The summed E-state index contributed by atoms with van der Waals surface area (Å²) in [7, 11) is 0. The highest BCUT2D eigenvalue weighted by Crippen LogP contribution is 2.14. The first-order valence-electron chi connectivity index (χ1n) is 10.2. The molecule has 1 N–H and O–H groups in total. The van der Waals surface area contributed by atoms with Crippen molar-refractivity contribution >= 4 is 22.7 Å². The third-order valence-electron chi connectivity index (χ3n) is 5.40. The molecule has 2 heterocycles. The van der Waals surface area contributed by atoms with Crippen LogP contribution in [0.2, 0.25) is 0 Å². The molecule has 30 heavy (non-hydrogen) atoms. The van der Waals surface area contributed by atoms with E-state index in [0.717, 1.165) is 37.0 Å². The normalized spacial score (nSPS) is 13.5. The summed E-state index contributed by atoms with van der Waals surface area (Å²) in [6.45, 7) is 2.44. The van der Waals surface area contributed by atoms with E-state index in [-0.39, 0.29) is 23.7 Å². The number of carbonyl (C=O) groups excluding carboxylic acids is 2.